The van der Waals surface area contributed by atoms with Gasteiger partial charge in [-0.05, 0) is 45.2 Å². The van der Waals surface area contributed by atoms with Crippen LogP contribution in [-0.2, 0) is 4.79 Å². The number of amides is 1. The van der Waals surface area contributed by atoms with E-state index in [-0.39, 0.29) is 11.9 Å². The van der Waals surface area contributed by atoms with E-state index in [9.17, 15) is 4.79 Å². The molecule has 98 valence electrons. The van der Waals surface area contributed by atoms with Crippen molar-refractivity contribution in [2.45, 2.75) is 38.6 Å². The van der Waals surface area contributed by atoms with Crippen LogP contribution in [0.15, 0.2) is 0 Å². The third-order valence-corrected chi connectivity index (χ3v) is 3.95. The summed E-state index contributed by atoms with van der Waals surface area (Å²) < 4.78 is 0. The van der Waals surface area contributed by atoms with Crippen molar-refractivity contribution in [1.82, 2.24) is 9.80 Å². The average Bonchev–Trinajstić information content (AvgIpc) is 2.77. The molecule has 0 aromatic carbocycles. The van der Waals surface area contributed by atoms with Gasteiger partial charge in [0.25, 0.3) is 0 Å². The molecular formula is C13H25N3O. The van der Waals surface area contributed by atoms with Gasteiger partial charge in [-0.2, -0.15) is 0 Å². The van der Waals surface area contributed by atoms with Crippen LogP contribution in [0.5, 0.6) is 0 Å². The first kappa shape index (κ1) is 12.8. The third-order valence-electron chi connectivity index (χ3n) is 3.95. The first-order valence-corrected chi connectivity index (χ1v) is 6.93. The summed E-state index contributed by atoms with van der Waals surface area (Å²) in [5.74, 6) is 0.780. The van der Waals surface area contributed by atoms with Crippen LogP contribution in [0.25, 0.3) is 0 Å². The lowest BCUT2D eigenvalue weighted by Crippen LogP contribution is -2.41. The second-order valence-corrected chi connectivity index (χ2v) is 5.59. The fourth-order valence-electron chi connectivity index (χ4n) is 2.98. The van der Waals surface area contributed by atoms with E-state index in [0.29, 0.717) is 5.92 Å². The van der Waals surface area contributed by atoms with Crippen molar-refractivity contribution in [3.05, 3.63) is 0 Å². The Bertz CT molecular complexity index is 261. The highest BCUT2D eigenvalue weighted by atomic mass is 16.2. The van der Waals surface area contributed by atoms with Crippen molar-refractivity contribution in [3.8, 4) is 0 Å². The van der Waals surface area contributed by atoms with E-state index in [0.717, 1.165) is 19.5 Å². The number of nitrogens with two attached hydrogens (primary N) is 1. The molecule has 4 nitrogen and oxygen atoms in total. The van der Waals surface area contributed by atoms with E-state index >= 15 is 0 Å². The summed E-state index contributed by atoms with van der Waals surface area (Å²) in [5.41, 5.74) is 5.64. The minimum atomic E-state index is -0.344. The number of hydrogen-bond donors (Lipinski definition) is 1. The van der Waals surface area contributed by atoms with Crippen LogP contribution < -0.4 is 5.73 Å². The van der Waals surface area contributed by atoms with Crippen LogP contribution in [-0.4, -0.2) is 54.5 Å². The molecule has 4 heteroatoms. The van der Waals surface area contributed by atoms with Crippen LogP contribution in [0.3, 0.4) is 0 Å². The number of carbonyl (C=O) groups is 1. The van der Waals surface area contributed by atoms with Crippen molar-refractivity contribution in [2.24, 2.45) is 11.7 Å². The summed E-state index contributed by atoms with van der Waals surface area (Å²) in [4.78, 5) is 16.3. The average molecular weight is 239 g/mol. The van der Waals surface area contributed by atoms with Crippen LogP contribution in [0.2, 0.25) is 0 Å². The third kappa shape index (κ3) is 3.42. The number of carbonyl (C=O) groups excluding carboxylic acids is 1. The van der Waals surface area contributed by atoms with E-state index < -0.39 is 0 Å². The van der Waals surface area contributed by atoms with Gasteiger partial charge in [0, 0.05) is 19.6 Å². The molecule has 0 radical (unpaired) electrons. The molecule has 2 aliphatic heterocycles. The maximum Gasteiger partial charge on any atom is 0.239 e. The van der Waals surface area contributed by atoms with Gasteiger partial charge < -0.3 is 15.5 Å². The largest absolute Gasteiger partial charge is 0.341 e. The van der Waals surface area contributed by atoms with Crippen molar-refractivity contribution in [2.75, 3.05) is 32.7 Å². The minimum Gasteiger partial charge on any atom is -0.341 e. The molecule has 2 rings (SSSR count). The number of nitrogens with zero attached hydrogens (tertiary/aromatic N) is 2. The SMILES string of the molecule is C[C@@H](N)C(=O)N1CCC(CN2CCCCC2)C1. The van der Waals surface area contributed by atoms with Gasteiger partial charge in [-0.15, -0.1) is 0 Å². The number of likely N-dealkylation sites (tertiary alicyclic amines) is 2. The zero-order valence-electron chi connectivity index (χ0n) is 10.9. The highest BCUT2D eigenvalue weighted by Crippen LogP contribution is 2.20. The summed E-state index contributed by atoms with van der Waals surface area (Å²) in [7, 11) is 0. The van der Waals surface area contributed by atoms with Crippen molar-refractivity contribution in [3.63, 3.8) is 0 Å². The molecule has 0 bridgehead atoms. The Kier molecular flexibility index (Phi) is 4.40. The lowest BCUT2D eigenvalue weighted by Gasteiger charge is -2.29. The highest BCUT2D eigenvalue weighted by molar-refractivity contribution is 5.81. The normalized spacial score (nSPS) is 28.4. The molecule has 1 amide bonds. The molecular weight excluding hydrogens is 214 g/mol. The molecule has 2 N–H and O–H groups in total. The number of hydrogen-bond acceptors (Lipinski definition) is 3. The molecule has 2 heterocycles. The van der Waals surface area contributed by atoms with Crippen LogP contribution in [0.1, 0.15) is 32.6 Å². The molecule has 17 heavy (non-hydrogen) atoms. The smallest absolute Gasteiger partial charge is 0.239 e. The van der Waals surface area contributed by atoms with E-state index in [1.165, 1.54) is 38.9 Å². The van der Waals surface area contributed by atoms with E-state index in [2.05, 4.69) is 4.90 Å². The molecule has 0 aliphatic carbocycles. The summed E-state index contributed by atoms with van der Waals surface area (Å²) in [5, 5.41) is 0. The van der Waals surface area contributed by atoms with Gasteiger partial charge in [0.15, 0.2) is 0 Å². The predicted octanol–water partition coefficient (Wildman–Crippen LogP) is 0.668. The first-order valence-electron chi connectivity index (χ1n) is 6.93. The van der Waals surface area contributed by atoms with Crippen LogP contribution in [0, 0.1) is 5.92 Å². The molecule has 2 saturated heterocycles. The van der Waals surface area contributed by atoms with Gasteiger partial charge in [0.05, 0.1) is 6.04 Å². The number of rotatable bonds is 3. The maximum atomic E-state index is 11.8. The Morgan fingerprint density at radius 1 is 1.29 bits per heavy atom. The topological polar surface area (TPSA) is 49.6 Å². The van der Waals surface area contributed by atoms with E-state index in [1.807, 2.05) is 4.90 Å². The zero-order chi connectivity index (χ0) is 12.3. The van der Waals surface area contributed by atoms with Crippen molar-refractivity contribution in [1.29, 1.82) is 0 Å². The van der Waals surface area contributed by atoms with Crippen LogP contribution >= 0.6 is 0 Å². The summed E-state index contributed by atoms with van der Waals surface area (Å²) in [6.07, 6.45) is 5.22. The molecule has 0 aromatic heterocycles. The van der Waals surface area contributed by atoms with Gasteiger partial charge in [-0.1, -0.05) is 6.42 Å². The van der Waals surface area contributed by atoms with E-state index in [1.54, 1.807) is 6.92 Å². The minimum absolute atomic E-state index is 0.117. The molecule has 0 aromatic rings. The maximum absolute atomic E-state index is 11.8. The summed E-state index contributed by atoms with van der Waals surface area (Å²) >= 11 is 0. The standard InChI is InChI=1S/C13H25N3O/c1-11(14)13(17)16-8-5-12(10-16)9-15-6-3-2-4-7-15/h11-12H,2-10,14H2,1H3/t11-,12?/m1/s1. The van der Waals surface area contributed by atoms with Crippen LogP contribution in [0.4, 0.5) is 0 Å². The van der Waals surface area contributed by atoms with Gasteiger partial charge in [0.2, 0.25) is 5.91 Å². The van der Waals surface area contributed by atoms with E-state index in [4.69, 9.17) is 5.73 Å². The Morgan fingerprint density at radius 2 is 2.00 bits per heavy atom. The quantitative estimate of drug-likeness (QED) is 0.787. The Morgan fingerprint density at radius 3 is 2.65 bits per heavy atom. The Labute approximate surface area is 104 Å². The van der Waals surface area contributed by atoms with Crippen molar-refractivity contribution >= 4 is 5.91 Å². The second-order valence-electron chi connectivity index (χ2n) is 5.59. The highest BCUT2D eigenvalue weighted by Gasteiger charge is 2.29. The first-order chi connectivity index (χ1) is 8.16. The molecule has 0 saturated carbocycles. The zero-order valence-corrected chi connectivity index (χ0v) is 10.9. The molecule has 2 atom stereocenters. The lowest BCUT2D eigenvalue weighted by atomic mass is 10.1. The van der Waals surface area contributed by atoms with Gasteiger partial charge >= 0.3 is 0 Å². The molecule has 1 unspecified atom stereocenters. The van der Waals surface area contributed by atoms with Crippen molar-refractivity contribution < 1.29 is 4.79 Å². The summed E-state index contributed by atoms with van der Waals surface area (Å²) in [6.45, 7) is 7.26. The van der Waals surface area contributed by atoms with Gasteiger partial charge in [-0.25, -0.2) is 0 Å². The Balaban J connectivity index is 1.75. The second kappa shape index (κ2) is 5.83. The molecule has 0 spiro atoms. The number of piperidine rings is 1. The van der Waals surface area contributed by atoms with Gasteiger partial charge in [0.1, 0.15) is 0 Å². The van der Waals surface area contributed by atoms with Gasteiger partial charge in [-0.3, -0.25) is 4.79 Å². The summed E-state index contributed by atoms with van der Waals surface area (Å²) in [6, 6.07) is -0.344. The predicted molar refractivity (Wildman–Crippen MR) is 68.6 cm³/mol. The molecule has 2 fully saturated rings. The lowest BCUT2D eigenvalue weighted by molar-refractivity contribution is -0.131. The molecule has 2 aliphatic rings. The fourth-order valence-corrected chi connectivity index (χ4v) is 2.98. The monoisotopic (exact) mass is 239 g/mol. The Hall–Kier alpha value is -0.610. The fraction of sp³-hybridized carbons (Fsp3) is 0.923.